The lowest BCUT2D eigenvalue weighted by Crippen LogP contribution is -2.36. The minimum atomic E-state index is -0.0592. The summed E-state index contributed by atoms with van der Waals surface area (Å²) < 4.78 is 0. The van der Waals surface area contributed by atoms with Gasteiger partial charge in [-0.1, -0.05) is 39.8 Å². The molecule has 0 spiro atoms. The van der Waals surface area contributed by atoms with Crippen LogP contribution in [0.3, 0.4) is 0 Å². The van der Waals surface area contributed by atoms with E-state index in [4.69, 9.17) is 0 Å². The second-order valence-electron chi connectivity index (χ2n) is 5.11. The van der Waals surface area contributed by atoms with Crippen molar-refractivity contribution >= 4 is 5.78 Å². The van der Waals surface area contributed by atoms with Gasteiger partial charge in [0.1, 0.15) is 0 Å². The van der Waals surface area contributed by atoms with Crippen LogP contribution in [0.4, 0.5) is 0 Å². The van der Waals surface area contributed by atoms with Gasteiger partial charge in [-0.15, -0.1) is 0 Å². The summed E-state index contributed by atoms with van der Waals surface area (Å²) in [5, 5.41) is 3.26. The van der Waals surface area contributed by atoms with Crippen LogP contribution in [0.15, 0.2) is 18.2 Å². The number of hydrogen-bond donors (Lipinski definition) is 1. The number of carbonyl (C=O) groups excluding carboxylic acids is 1. The minimum absolute atomic E-state index is 0.0592. The van der Waals surface area contributed by atoms with E-state index in [9.17, 15) is 4.79 Å². The second-order valence-corrected chi connectivity index (χ2v) is 5.11. The van der Waals surface area contributed by atoms with Gasteiger partial charge in [0, 0.05) is 5.56 Å². The highest BCUT2D eigenvalue weighted by Crippen LogP contribution is 2.20. The van der Waals surface area contributed by atoms with E-state index in [1.165, 1.54) is 5.56 Å². The molecule has 0 saturated heterocycles. The van der Waals surface area contributed by atoms with E-state index < -0.39 is 0 Å². The Balaban J connectivity index is 3.06. The third-order valence-electron chi connectivity index (χ3n) is 3.37. The van der Waals surface area contributed by atoms with Gasteiger partial charge in [0.25, 0.3) is 0 Å². The Hall–Kier alpha value is -1.15. The molecular formula is C16H25NO. The van der Waals surface area contributed by atoms with Gasteiger partial charge in [0.2, 0.25) is 0 Å². The Kier molecular flexibility index (Phi) is 5.54. The molecule has 0 radical (unpaired) electrons. The van der Waals surface area contributed by atoms with Gasteiger partial charge in [-0.3, -0.25) is 4.79 Å². The predicted octanol–water partition coefficient (Wildman–Crippen LogP) is 3.69. The van der Waals surface area contributed by atoms with Crippen LogP contribution in [-0.4, -0.2) is 18.4 Å². The molecule has 0 aromatic heterocycles. The Morgan fingerprint density at radius 3 is 2.44 bits per heavy atom. The highest BCUT2D eigenvalue weighted by molar-refractivity contribution is 6.01. The van der Waals surface area contributed by atoms with Crippen LogP contribution in [0.5, 0.6) is 0 Å². The fourth-order valence-electron chi connectivity index (χ4n) is 2.12. The molecule has 0 aliphatic carbocycles. The largest absolute Gasteiger partial charge is 0.307 e. The fraction of sp³-hybridized carbons (Fsp3) is 0.562. The van der Waals surface area contributed by atoms with Crippen LogP contribution < -0.4 is 5.32 Å². The number of nitrogens with one attached hydrogen (secondary N) is 1. The smallest absolute Gasteiger partial charge is 0.179 e. The lowest BCUT2D eigenvalue weighted by atomic mass is 9.93. The van der Waals surface area contributed by atoms with Crippen LogP contribution in [0.25, 0.3) is 0 Å². The van der Waals surface area contributed by atoms with E-state index in [1.807, 2.05) is 20.8 Å². The molecule has 1 N–H and O–H groups in total. The fourth-order valence-corrected chi connectivity index (χ4v) is 2.12. The molecule has 1 aromatic carbocycles. The molecule has 0 saturated carbocycles. The van der Waals surface area contributed by atoms with Crippen molar-refractivity contribution in [3.63, 3.8) is 0 Å². The zero-order chi connectivity index (χ0) is 13.7. The Bertz CT molecular complexity index is 410. The first-order valence-corrected chi connectivity index (χ1v) is 6.89. The van der Waals surface area contributed by atoms with Gasteiger partial charge >= 0.3 is 0 Å². The van der Waals surface area contributed by atoms with E-state index in [2.05, 4.69) is 37.4 Å². The molecule has 0 amide bonds. The van der Waals surface area contributed by atoms with E-state index >= 15 is 0 Å². The average molecular weight is 247 g/mol. The molecule has 2 heteroatoms. The van der Waals surface area contributed by atoms with Crippen LogP contribution in [-0.2, 0) is 0 Å². The summed E-state index contributed by atoms with van der Waals surface area (Å²) in [4.78, 5) is 12.5. The quantitative estimate of drug-likeness (QED) is 0.777. The van der Waals surface area contributed by atoms with Gasteiger partial charge in [0.05, 0.1) is 6.04 Å². The number of ketones is 1. The van der Waals surface area contributed by atoms with Crippen molar-refractivity contribution < 1.29 is 4.79 Å². The number of likely N-dealkylation sites (N-methyl/N-ethyl adjacent to an activating group) is 1. The minimum Gasteiger partial charge on any atom is -0.307 e. The third kappa shape index (κ3) is 3.42. The van der Waals surface area contributed by atoms with Gasteiger partial charge < -0.3 is 5.32 Å². The van der Waals surface area contributed by atoms with Crippen LogP contribution in [0, 0.1) is 6.92 Å². The highest BCUT2D eigenvalue weighted by atomic mass is 16.1. The van der Waals surface area contributed by atoms with Crippen molar-refractivity contribution in [1.29, 1.82) is 0 Å². The maximum Gasteiger partial charge on any atom is 0.179 e. The van der Waals surface area contributed by atoms with Gasteiger partial charge in [0.15, 0.2) is 5.78 Å². The Labute approximate surface area is 111 Å². The number of aryl methyl sites for hydroxylation is 1. The molecule has 2 nitrogen and oxygen atoms in total. The highest BCUT2D eigenvalue weighted by Gasteiger charge is 2.19. The van der Waals surface area contributed by atoms with Crippen LogP contribution in [0.1, 0.15) is 61.5 Å². The predicted molar refractivity (Wildman–Crippen MR) is 77.4 cm³/mol. The summed E-state index contributed by atoms with van der Waals surface area (Å²) in [5.74, 6) is 0.677. The summed E-state index contributed by atoms with van der Waals surface area (Å²) >= 11 is 0. The number of carbonyl (C=O) groups is 1. The van der Waals surface area contributed by atoms with Gasteiger partial charge in [-0.2, -0.15) is 0 Å². The number of rotatable bonds is 6. The van der Waals surface area contributed by atoms with E-state index in [-0.39, 0.29) is 11.8 Å². The van der Waals surface area contributed by atoms with E-state index in [0.717, 1.165) is 24.1 Å². The first-order valence-electron chi connectivity index (χ1n) is 6.89. The average Bonchev–Trinajstić information content (AvgIpc) is 2.35. The summed E-state index contributed by atoms with van der Waals surface area (Å²) in [7, 11) is 0. The molecule has 1 aromatic rings. The zero-order valence-corrected chi connectivity index (χ0v) is 12.2. The van der Waals surface area contributed by atoms with Gasteiger partial charge in [-0.25, -0.2) is 0 Å². The topological polar surface area (TPSA) is 29.1 Å². The lowest BCUT2D eigenvalue weighted by molar-refractivity contribution is 0.0941. The summed E-state index contributed by atoms with van der Waals surface area (Å²) in [6.45, 7) is 11.2. The van der Waals surface area contributed by atoms with Crippen molar-refractivity contribution in [2.45, 2.75) is 53.0 Å². The van der Waals surface area contributed by atoms with Crippen molar-refractivity contribution in [2.24, 2.45) is 0 Å². The Morgan fingerprint density at radius 1 is 1.28 bits per heavy atom. The first kappa shape index (κ1) is 14.9. The normalized spacial score (nSPS) is 12.8. The molecule has 1 rings (SSSR count). The lowest BCUT2D eigenvalue weighted by Gasteiger charge is -2.17. The molecule has 18 heavy (non-hydrogen) atoms. The van der Waals surface area contributed by atoms with Crippen molar-refractivity contribution in [3.8, 4) is 0 Å². The molecule has 0 aliphatic heterocycles. The van der Waals surface area contributed by atoms with Crippen LogP contribution >= 0.6 is 0 Å². The zero-order valence-electron chi connectivity index (χ0n) is 12.2. The Morgan fingerprint density at radius 2 is 1.94 bits per heavy atom. The van der Waals surface area contributed by atoms with Gasteiger partial charge in [-0.05, 0) is 43.0 Å². The SMILES string of the molecule is CCNC(CC)C(=O)c1cc(C(C)C)ccc1C. The number of benzene rings is 1. The summed E-state index contributed by atoms with van der Waals surface area (Å²) in [5.41, 5.74) is 3.17. The number of hydrogen-bond acceptors (Lipinski definition) is 2. The van der Waals surface area contributed by atoms with E-state index in [1.54, 1.807) is 0 Å². The summed E-state index contributed by atoms with van der Waals surface area (Å²) in [6.07, 6.45) is 0.831. The standard InChI is InChI=1S/C16H25NO/c1-6-15(17-7-2)16(18)14-10-13(11(3)4)9-8-12(14)5/h8-11,15,17H,6-7H2,1-5H3. The van der Waals surface area contributed by atoms with Crippen molar-refractivity contribution in [1.82, 2.24) is 5.32 Å². The molecule has 0 heterocycles. The van der Waals surface area contributed by atoms with Crippen LogP contribution in [0.2, 0.25) is 0 Å². The maximum atomic E-state index is 12.5. The third-order valence-corrected chi connectivity index (χ3v) is 3.37. The molecule has 0 fully saturated rings. The molecular weight excluding hydrogens is 222 g/mol. The maximum absolute atomic E-state index is 12.5. The molecule has 1 atom stereocenters. The molecule has 1 unspecified atom stereocenters. The molecule has 0 bridgehead atoms. The van der Waals surface area contributed by atoms with E-state index in [0.29, 0.717) is 5.92 Å². The molecule has 100 valence electrons. The summed E-state index contributed by atoms with van der Waals surface area (Å²) in [6, 6.07) is 6.17. The monoisotopic (exact) mass is 247 g/mol. The van der Waals surface area contributed by atoms with Crippen molar-refractivity contribution in [3.05, 3.63) is 34.9 Å². The first-order chi connectivity index (χ1) is 8.51. The molecule has 0 aliphatic rings. The second kappa shape index (κ2) is 6.69. The number of Topliss-reactive ketones (excluding diaryl/α,β-unsaturated/α-hetero) is 1. The van der Waals surface area contributed by atoms with Crippen molar-refractivity contribution in [2.75, 3.05) is 6.54 Å².